The van der Waals surface area contributed by atoms with Gasteiger partial charge in [0.25, 0.3) is 5.91 Å². The van der Waals surface area contributed by atoms with E-state index in [9.17, 15) is 9.59 Å². The molecule has 0 saturated carbocycles. The second-order valence-electron chi connectivity index (χ2n) is 3.98. The first kappa shape index (κ1) is 14.1. The Hall–Kier alpha value is -0.920. The number of hydrogen-bond acceptors (Lipinski definition) is 3. The Kier molecular flexibility index (Phi) is 4.67. The molecule has 1 atom stereocenters. The van der Waals surface area contributed by atoms with Crippen LogP contribution < -0.4 is 0 Å². The van der Waals surface area contributed by atoms with Gasteiger partial charge >= 0.3 is 6.03 Å². The molecule has 1 saturated heterocycles. The summed E-state index contributed by atoms with van der Waals surface area (Å²) in [6.07, 6.45) is 2.04. The van der Waals surface area contributed by atoms with E-state index in [-0.39, 0.29) is 18.0 Å². The van der Waals surface area contributed by atoms with E-state index in [1.807, 2.05) is 43.6 Å². The zero-order chi connectivity index (χ0) is 13.2. The SMILES string of the molecule is C=CC(=NC(C)C)N1C(=O)[C@@H](CC)N(I)C1=O. The summed E-state index contributed by atoms with van der Waals surface area (Å²) in [7, 11) is 0. The summed E-state index contributed by atoms with van der Waals surface area (Å²) >= 11 is 1.87. The van der Waals surface area contributed by atoms with Gasteiger partial charge in [-0.3, -0.25) is 12.9 Å². The van der Waals surface area contributed by atoms with Gasteiger partial charge in [0.2, 0.25) is 0 Å². The molecule has 17 heavy (non-hydrogen) atoms. The van der Waals surface area contributed by atoms with Gasteiger partial charge in [-0.05, 0) is 26.3 Å². The number of hydrogen-bond donors (Lipinski definition) is 0. The van der Waals surface area contributed by atoms with Crippen LogP contribution in [0.1, 0.15) is 27.2 Å². The molecule has 3 amide bonds. The highest BCUT2D eigenvalue weighted by atomic mass is 127. The Labute approximate surface area is 115 Å². The number of amides is 3. The van der Waals surface area contributed by atoms with Crippen molar-refractivity contribution in [3.63, 3.8) is 0 Å². The first-order valence-electron chi connectivity index (χ1n) is 5.47. The molecule has 1 aliphatic heterocycles. The third-order valence-electron chi connectivity index (χ3n) is 2.34. The lowest BCUT2D eigenvalue weighted by Gasteiger charge is -2.13. The minimum absolute atomic E-state index is 0.00642. The molecule has 5 nitrogen and oxygen atoms in total. The van der Waals surface area contributed by atoms with Gasteiger partial charge in [0.05, 0.1) is 22.9 Å². The Balaban J connectivity index is 3.10. The number of amidine groups is 1. The van der Waals surface area contributed by atoms with E-state index in [1.165, 1.54) is 9.19 Å². The summed E-state index contributed by atoms with van der Waals surface area (Å²) in [4.78, 5) is 29.4. The van der Waals surface area contributed by atoms with Crippen LogP contribution in [0.3, 0.4) is 0 Å². The average Bonchev–Trinajstić information content (AvgIpc) is 2.47. The summed E-state index contributed by atoms with van der Waals surface area (Å²) in [5, 5.41) is 0. The lowest BCUT2D eigenvalue weighted by molar-refractivity contribution is -0.125. The topological polar surface area (TPSA) is 53.0 Å². The highest BCUT2D eigenvalue weighted by molar-refractivity contribution is 14.1. The van der Waals surface area contributed by atoms with E-state index in [4.69, 9.17) is 0 Å². The summed E-state index contributed by atoms with van der Waals surface area (Å²) in [6.45, 7) is 9.24. The Bertz CT molecular complexity index is 379. The number of imide groups is 1. The van der Waals surface area contributed by atoms with E-state index in [0.717, 1.165) is 4.90 Å². The monoisotopic (exact) mass is 349 g/mol. The van der Waals surface area contributed by atoms with Crippen LogP contribution in [0.2, 0.25) is 0 Å². The third-order valence-corrected chi connectivity index (χ3v) is 3.43. The first-order chi connectivity index (χ1) is 7.93. The third kappa shape index (κ3) is 2.67. The van der Waals surface area contributed by atoms with E-state index < -0.39 is 6.04 Å². The number of aliphatic imine (C=N–C) groups is 1. The van der Waals surface area contributed by atoms with Crippen molar-refractivity contribution in [3.05, 3.63) is 12.7 Å². The van der Waals surface area contributed by atoms with E-state index in [1.54, 1.807) is 0 Å². The molecule has 94 valence electrons. The van der Waals surface area contributed by atoms with E-state index in [0.29, 0.717) is 12.3 Å². The van der Waals surface area contributed by atoms with Crippen LogP contribution in [-0.2, 0) is 4.79 Å². The highest BCUT2D eigenvalue weighted by Gasteiger charge is 2.44. The number of carbonyl (C=O) groups excluding carboxylic acids is 2. The molecule has 0 radical (unpaired) electrons. The zero-order valence-electron chi connectivity index (χ0n) is 10.2. The molecule has 1 fully saturated rings. The van der Waals surface area contributed by atoms with Crippen LogP contribution in [-0.4, -0.2) is 37.9 Å². The van der Waals surface area contributed by atoms with Crippen LogP contribution >= 0.6 is 22.9 Å². The molecule has 0 bridgehead atoms. The molecule has 1 heterocycles. The molecule has 0 aromatic carbocycles. The van der Waals surface area contributed by atoms with Crippen LogP contribution in [0.15, 0.2) is 17.6 Å². The van der Waals surface area contributed by atoms with Gasteiger partial charge in [0, 0.05) is 6.04 Å². The quantitative estimate of drug-likeness (QED) is 0.258. The Morgan fingerprint density at radius 1 is 1.59 bits per heavy atom. The van der Waals surface area contributed by atoms with Crippen LogP contribution in [0.4, 0.5) is 4.79 Å². The maximum absolute atomic E-state index is 12.1. The lowest BCUT2D eigenvalue weighted by Crippen LogP contribution is -2.36. The molecule has 0 aromatic rings. The predicted octanol–water partition coefficient (Wildman–Crippen LogP) is 2.37. The molecular weight excluding hydrogens is 333 g/mol. The molecule has 0 N–H and O–H groups in total. The van der Waals surface area contributed by atoms with Gasteiger partial charge in [-0.2, -0.15) is 0 Å². The fourth-order valence-electron chi connectivity index (χ4n) is 1.58. The Morgan fingerprint density at radius 3 is 2.53 bits per heavy atom. The van der Waals surface area contributed by atoms with Gasteiger partial charge in [0.15, 0.2) is 0 Å². The fourth-order valence-corrected chi connectivity index (χ4v) is 2.43. The minimum atomic E-state index is -0.402. The van der Waals surface area contributed by atoms with Crippen molar-refractivity contribution >= 4 is 40.6 Å². The van der Waals surface area contributed by atoms with Gasteiger partial charge in [-0.15, -0.1) is 0 Å². The molecule has 1 aliphatic rings. The second kappa shape index (κ2) is 5.61. The van der Waals surface area contributed by atoms with Gasteiger partial charge in [-0.25, -0.2) is 9.69 Å². The summed E-state index contributed by atoms with van der Waals surface area (Å²) in [5.41, 5.74) is 0. The summed E-state index contributed by atoms with van der Waals surface area (Å²) in [6, 6.07) is -0.742. The van der Waals surface area contributed by atoms with Crippen LogP contribution in [0.25, 0.3) is 0 Å². The van der Waals surface area contributed by atoms with E-state index in [2.05, 4.69) is 11.6 Å². The number of urea groups is 1. The average molecular weight is 349 g/mol. The second-order valence-corrected chi connectivity index (χ2v) is 5.02. The molecule has 0 spiro atoms. The van der Waals surface area contributed by atoms with Crippen molar-refractivity contribution in [3.8, 4) is 0 Å². The standard InChI is InChI=1S/C11H16IN3O2/c1-5-8-10(16)14(11(17)15(8)12)9(6-2)13-7(3)4/h6-8H,2,5H2,1,3-4H3/t8-/m1/s1. The molecule has 1 rings (SSSR count). The van der Waals surface area contributed by atoms with Crippen LogP contribution in [0, 0.1) is 0 Å². The smallest absolute Gasteiger partial charge is 0.271 e. The zero-order valence-corrected chi connectivity index (χ0v) is 12.3. The first-order valence-corrected chi connectivity index (χ1v) is 6.43. The minimum Gasteiger partial charge on any atom is -0.271 e. The lowest BCUT2D eigenvalue weighted by atomic mass is 10.2. The molecule has 6 heteroatoms. The molecule has 0 aromatic heterocycles. The van der Waals surface area contributed by atoms with Crippen molar-refractivity contribution in [1.82, 2.24) is 8.01 Å². The maximum Gasteiger partial charge on any atom is 0.342 e. The normalized spacial score (nSPS) is 21.7. The largest absolute Gasteiger partial charge is 0.342 e. The van der Waals surface area contributed by atoms with Gasteiger partial charge in [0.1, 0.15) is 11.9 Å². The molecule has 0 unspecified atom stereocenters. The van der Waals surface area contributed by atoms with Crippen molar-refractivity contribution in [2.24, 2.45) is 4.99 Å². The van der Waals surface area contributed by atoms with Crippen LogP contribution in [0.5, 0.6) is 0 Å². The summed E-state index contributed by atoms with van der Waals surface area (Å²) < 4.78 is 1.42. The van der Waals surface area contributed by atoms with Gasteiger partial charge in [-0.1, -0.05) is 13.5 Å². The van der Waals surface area contributed by atoms with Crippen molar-refractivity contribution in [2.75, 3.05) is 0 Å². The van der Waals surface area contributed by atoms with Crippen molar-refractivity contribution in [2.45, 2.75) is 39.3 Å². The number of rotatable bonds is 3. The molecular formula is C11H16IN3O2. The number of carbonyl (C=O) groups is 2. The maximum atomic E-state index is 12.1. The Morgan fingerprint density at radius 2 is 2.18 bits per heavy atom. The van der Waals surface area contributed by atoms with Crippen molar-refractivity contribution in [1.29, 1.82) is 0 Å². The highest BCUT2D eigenvalue weighted by Crippen LogP contribution is 2.24. The molecule has 0 aliphatic carbocycles. The summed E-state index contributed by atoms with van der Waals surface area (Å²) in [5.74, 6) is 0.0961. The number of halogens is 1. The fraction of sp³-hybridized carbons (Fsp3) is 0.545. The number of nitrogens with zero attached hydrogens (tertiary/aromatic N) is 3. The predicted molar refractivity (Wildman–Crippen MR) is 74.9 cm³/mol. The van der Waals surface area contributed by atoms with Crippen molar-refractivity contribution < 1.29 is 9.59 Å². The van der Waals surface area contributed by atoms with Gasteiger partial charge < -0.3 is 0 Å². The van der Waals surface area contributed by atoms with E-state index >= 15 is 0 Å².